The Morgan fingerprint density at radius 3 is 2.71 bits per heavy atom. The predicted molar refractivity (Wildman–Crippen MR) is 78.5 cm³/mol. The standard InChI is InChI=1S/C16H19N3O2/c20-15(12-19-9-8-17-13-19)18-16(6-10-21-11-7-16)14-4-2-1-3-5-14/h1-5,8-9,13H,6-7,10-12H2,(H,18,20). The van der Waals surface area contributed by atoms with Crippen LogP contribution in [0, 0.1) is 0 Å². The lowest BCUT2D eigenvalue weighted by Gasteiger charge is -2.38. The number of hydrogen-bond acceptors (Lipinski definition) is 3. The van der Waals surface area contributed by atoms with Crippen LogP contribution in [0.3, 0.4) is 0 Å². The van der Waals surface area contributed by atoms with Crippen LogP contribution in [-0.2, 0) is 21.6 Å². The molecule has 1 fully saturated rings. The van der Waals surface area contributed by atoms with Crippen molar-refractivity contribution in [2.45, 2.75) is 24.9 Å². The number of benzene rings is 1. The van der Waals surface area contributed by atoms with Gasteiger partial charge in [-0.2, -0.15) is 0 Å². The molecular weight excluding hydrogens is 266 g/mol. The molecule has 110 valence electrons. The van der Waals surface area contributed by atoms with Crippen molar-refractivity contribution in [2.24, 2.45) is 0 Å². The molecule has 1 N–H and O–H groups in total. The van der Waals surface area contributed by atoms with Crippen LogP contribution in [0.1, 0.15) is 18.4 Å². The Labute approximate surface area is 124 Å². The molecule has 1 aromatic heterocycles. The van der Waals surface area contributed by atoms with Gasteiger partial charge in [-0.25, -0.2) is 4.98 Å². The van der Waals surface area contributed by atoms with E-state index in [1.165, 1.54) is 0 Å². The van der Waals surface area contributed by atoms with Crippen molar-refractivity contribution in [1.82, 2.24) is 14.9 Å². The average Bonchev–Trinajstić information content (AvgIpc) is 3.02. The molecule has 0 radical (unpaired) electrons. The summed E-state index contributed by atoms with van der Waals surface area (Å²) in [4.78, 5) is 16.3. The van der Waals surface area contributed by atoms with Crippen molar-refractivity contribution in [3.63, 3.8) is 0 Å². The van der Waals surface area contributed by atoms with Gasteiger partial charge in [-0.1, -0.05) is 30.3 Å². The zero-order chi connectivity index (χ0) is 14.5. The van der Waals surface area contributed by atoms with Gasteiger partial charge >= 0.3 is 0 Å². The number of carbonyl (C=O) groups excluding carboxylic acids is 1. The van der Waals surface area contributed by atoms with Crippen molar-refractivity contribution in [1.29, 1.82) is 0 Å². The summed E-state index contributed by atoms with van der Waals surface area (Å²) in [6.07, 6.45) is 6.71. The summed E-state index contributed by atoms with van der Waals surface area (Å²) >= 11 is 0. The molecule has 0 bridgehead atoms. The third-order valence-electron chi connectivity index (χ3n) is 3.94. The van der Waals surface area contributed by atoms with E-state index < -0.39 is 0 Å². The molecule has 1 aromatic carbocycles. The number of imidazole rings is 1. The first kappa shape index (κ1) is 13.8. The number of hydrogen-bond donors (Lipinski definition) is 1. The molecule has 0 saturated carbocycles. The first-order valence-electron chi connectivity index (χ1n) is 7.19. The number of nitrogens with zero attached hydrogens (tertiary/aromatic N) is 2. The van der Waals surface area contributed by atoms with Crippen LogP contribution < -0.4 is 5.32 Å². The van der Waals surface area contributed by atoms with E-state index >= 15 is 0 Å². The van der Waals surface area contributed by atoms with Gasteiger partial charge in [0.15, 0.2) is 0 Å². The van der Waals surface area contributed by atoms with E-state index in [9.17, 15) is 4.79 Å². The minimum Gasteiger partial charge on any atom is -0.381 e. The summed E-state index contributed by atoms with van der Waals surface area (Å²) in [6.45, 7) is 1.62. The Hall–Kier alpha value is -2.14. The highest BCUT2D eigenvalue weighted by Gasteiger charge is 2.35. The monoisotopic (exact) mass is 285 g/mol. The lowest BCUT2D eigenvalue weighted by atomic mass is 9.82. The third kappa shape index (κ3) is 3.13. The van der Waals surface area contributed by atoms with Crippen molar-refractivity contribution in [2.75, 3.05) is 13.2 Å². The van der Waals surface area contributed by atoms with Gasteiger partial charge in [0.25, 0.3) is 0 Å². The van der Waals surface area contributed by atoms with Crippen LogP contribution in [0.2, 0.25) is 0 Å². The van der Waals surface area contributed by atoms with Gasteiger partial charge in [-0.15, -0.1) is 0 Å². The smallest absolute Gasteiger partial charge is 0.240 e. The van der Waals surface area contributed by atoms with E-state index in [2.05, 4.69) is 22.4 Å². The van der Waals surface area contributed by atoms with E-state index in [0.717, 1.165) is 18.4 Å². The van der Waals surface area contributed by atoms with Crippen molar-refractivity contribution in [3.05, 3.63) is 54.6 Å². The van der Waals surface area contributed by atoms with Gasteiger partial charge in [0.1, 0.15) is 6.54 Å². The summed E-state index contributed by atoms with van der Waals surface area (Å²) in [5, 5.41) is 3.22. The van der Waals surface area contributed by atoms with E-state index in [-0.39, 0.29) is 18.0 Å². The number of nitrogens with one attached hydrogen (secondary N) is 1. The molecule has 5 nitrogen and oxygen atoms in total. The maximum atomic E-state index is 12.4. The topological polar surface area (TPSA) is 56.2 Å². The van der Waals surface area contributed by atoms with Crippen LogP contribution in [0.4, 0.5) is 0 Å². The molecule has 0 aliphatic carbocycles. The summed E-state index contributed by atoms with van der Waals surface area (Å²) in [7, 11) is 0. The van der Waals surface area contributed by atoms with E-state index in [1.807, 2.05) is 18.2 Å². The average molecular weight is 285 g/mol. The fourth-order valence-corrected chi connectivity index (χ4v) is 2.82. The summed E-state index contributed by atoms with van der Waals surface area (Å²) < 4.78 is 7.24. The van der Waals surface area contributed by atoms with Crippen LogP contribution >= 0.6 is 0 Å². The van der Waals surface area contributed by atoms with Gasteiger partial charge in [0.05, 0.1) is 11.9 Å². The zero-order valence-corrected chi connectivity index (χ0v) is 11.9. The molecule has 1 amide bonds. The Bertz CT molecular complexity index is 575. The second kappa shape index (κ2) is 6.10. The van der Waals surface area contributed by atoms with E-state index in [0.29, 0.717) is 13.2 Å². The molecule has 3 rings (SSSR count). The first-order valence-corrected chi connectivity index (χ1v) is 7.19. The highest BCUT2D eigenvalue weighted by molar-refractivity contribution is 5.77. The third-order valence-corrected chi connectivity index (χ3v) is 3.94. The fraction of sp³-hybridized carbons (Fsp3) is 0.375. The summed E-state index contributed by atoms with van der Waals surface area (Å²) in [5.74, 6) is -0.00115. The van der Waals surface area contributed by atoms with Gasteiger partial charge in [-0.05, 0) is 18.4 Å². The molecule has 1 aliphatic rings. The van der Waals surface area contributed by atoms with Crippen LogP contribution in [0.5, 0.6) is 0 Å². The lowest BCUT2D eigenvalue weighted by molar-refractivity contribution is -0.125. The van der Waals surface area contributed by atoms with Gasteiger partial charge in [-0.3, -0.25) is 4.79 Å². The number of amides is 1. The minimum atomic E-state index is -0.322. The lowest BCUT2D eigenvalue weighted by Crippen LogP contribution is -2.50. The molecular formula is C16H19N3O2. The van der Waals surface area contributed by atoms with E-state index in [1.54, 1.807) is 23.3 Å². The molecule has 5 heteroatoms. The largest absolute Gasteiger partial charge is 0.381 e. The highest BCUT2D eigenvalue weighted by atomic mass is 16.5. The maximum Gasteiger partial charge on any atom is 0.240 e. The van der Waals surface area contributed by atoms with Crippen LogP contribution in [0.15, 0.2) is 49.1 Å². The molecule has 1 aliphatic heterocycles. The quantitative estimate of drug-likeness (QED) is 0.930. The normalized spacial score (nSPS) is 17.3. The number of aromatic nitrogens is 2. The van der Waals surface area contributed by atoms with Crippen molar-refractivity contribution in [3.8, 4) is 0 Å². The van der Waals surface area contributed by atoms with Gasteiger partial charge in [0.2, 0.25) is 5.91 Å². The van der Waals surface area contributed by atoms with Crippen LogP contribution in [0.25, 0.3) is 0 Å². The molecule has 0 unspecified atom stereocenters. The van der Waals surface area contributed by atoms with Gasteiger partial charge < -0.3 is 14.6 Å². The fourth-order valence-electron chi connectivity index (χ4n) is 2.82. The number of ether oxygens (including phenoxy) is 1. The minimum absolute atomic E-state index is 0.00115. The Morgan fingerprint density at radius 1 is 1.29 bits per heavy atom. The first-order chi connectivity index (χ1) is 10.3. The number of rotatable bonds is 4. The van der Waals surface area contributed by atoms with Crippen molar-refractivity contribution < 1.29 is 9.53 Å². The molecule has 2 aromatic rings. The second-order valence-electron chi connectivity index (χ2n) is 5.34. The Balaban J connectivity index is 1.78. The molecule has 0 spiro atoms. The second-order valence-corrected chi connectivity index (χ2v) is 5.34. The zero-order valence-electron chi connectivity index (χ0n) is 11.9. The van der Waals surface area contributed by atoms with E-state index in [4.69, 9.17) is 4.74 Å². The summed E-state index contributed by atoms with van der Waals surface area (Å²) in [6, 6.07) is 10.2. The van der Waals surface area contributed by atoms with Crippen molar-refractivity contribution >= 4 is 5.91 Å². The number of carbonyl (C=O) groups is 1. The molecule has 0 atom stereocenters. The summed E-state index contributed by atoms with van der Waals surface area (Å²) in [5.41, 5.74) is 0.823. The SMILES string of the molecule is O=C(Cn1ccnc1)NC1(c2ccccc2)CCOCC1. The Kier molecular flexibility index (Phi) is 4.01. The predicted octanol–water partition coefficient (Wildman–Crippen LogP) is 1.71. The molecule has 2 heterocycles. The maximum absolute atomic E-state index is 12.4. The Morgan fingerprint density at radius 2 is 2.05 bits per heavy atom. The van der Waals surface area contributed by atoms with Crippen LogP contribution in [-0.4, -0.2) is 28.7 Å². The molecule has 21 heavy (non-hydrogen) atoms. The highest BCUT2D eigenvalue weighted by Crippen LogP contribution is 2.32. The molecule has 1 saturated heterocycles. The van der Waals surface area contributed by atoms with Gasteiger partial charge in [0, 0.05) is 25.6 Å².